The summed E-state index contributed by atoms with van der Waals surface area (Å²) in [4.78, 5) is 19.8. The third-order valence-corrected chi connectivity index (χ3v) is 6.66. The third-order valence-electron chi connectivity index (χ3n) is 5.71. The van der Waals surface area contributed by atoms with Crippen LogP contribution in [0.5, 0.6) is 11.5 Å². The summed E-state index contributed by atoms with van der Waals surface area (Å²) in [7, 11) is 3.11. The highest BCUT2D eigenvalue weighted by Crippen LogP contribution is 2.41. The van der Waals surface area contributed by atoms with Gasteiger partial charge >= 0.3 is 0 Å². The Hall–Kier alpha value is -3.96. The van der Waals surface area contributed by atoms with Crippen molar-refractivity contribution in [3.05, 3.63) is 75.2 Å². The molecular formula is C24H19ClN6O4S. The van der Waals surface area contributed by atoms with E-state index >= 15 is 0 Å². The van der Waals surface area contributed by atoms with E-state index in [0.717, 1.165) is 10.9 Å². The number of nitro benzene ring substituents is 1. The molecule has 0 saturated heterocycles. The average Bonchev–Trinajstić information content (AvgIpc) is 3.32. The van der Waals surface area contributed by atoms with Crippen molar-refractivity contribution in [2.75, 3.05) is 20.5 Å². The van der Waals surface area contributed by atoms with Gasteiger partial charge in [0.1, 0.15) is 17.3 Å². The predicted octanol–water partition coefficient (Wildman–Crippen LogP) is 5.23. The number of fused-ring (bicyclic) bond motifs is 3. The van der Waals surface area contributed by atoms with E-state index in [-0.39, 0.29) is 5.69 Å². The molecule has 36 heavy (non-hydrogen) atoms. The molecule has 0 saturated carbocycles. The SMILES string of the molecule is COc1cc(OC)c(Cl)c(-c2cc3cnc(SC)nc3n3c(Cc4ccc([N+](=O)[O-])cc4)nnc23)c1. The molecule has 0 spiro atoms. The van der Waals surface area contributed by atoms with Crippen LogP contribution in [0.1, 0.15) is 11.4 Å². The molecule has 0 amide bonds. The van der Waals surface area contributed by atoms with Crippen molar-refractivity contribution in [3.8, 4) is 22.6 Å². The van der Waals surface area contributed by atoms with Gasteiger partial charge in [-0.15, -0.1) is 10.2 Å². The Morgan fingerprint density at radius 2 is 1.83 bits per heavy atom. The van der Waals surface area contributed by atoms with Crippen LogP contribution in [0, 0.1) is 10.1 Å². The lowest BCUT2D eigenvalue weighted by Crippen LogP contribution is -2.02. The molecule has 3 aromatic heterocycles. The molecule has 0 aliphatic heterocycles. The molecule has 0 atom stereocenters. The molecule has 0 N–H and O–H groups in total. The van der Waals surface area contributed by atoms with Crippen molar-refractivity contribution in [1.29, 1.82) is 0 Å². The van der Waals surface area contributed by atoms with E-state index in [1.807, 2.05) is 22.8 Å². The first-order valence-corrected chi connectivity index (χ1v) is 12.3. The second-order valence-electron chi connectivity index (χ2n) is 7.76. The number of nitro groups is 1. The molecule has 0 fully saturated rings. The lowest BCUT2D eigenvalue weighted by Gasteiger charge is -2.14. The highest BCUT2D eigenvalue weighted by atomic mass is 35.5. The highest BCUT2D eigenvalue weighted by Gasteiger charge is 2.21. The molecule has 0 radical (unpaired) electrons. The molecule has 3 heterocycles. The Bertz CT molecular complexity index is 1620. The van der Waals surface area contributed by atoms with Crippen molar-refractivity contribution in [1.82, 2.24) is 24.6 Å². The van der Waals surface area contributed by atoms with Crippen LogP contribution in [0.4, 0.5) is 5.69 Å². The molecule has 5 rings (SSSR count). The first-order chi connectivity index (χ1) is 17.4. The smallest absolute Gasteiger partial charge is 0.269 e. The van der Waals surface area contributed by atoms with Crippen LogP contribution in [0.2, 0.25) is 5.02 Å². The molecule has 0 bridgehead atoms. The summed E-state index contributed by atoms with van der Waals surface area (Å²) < 4.78 is 12.8. The van der Waals surface area contributed by atoms with Crippen molar-refractivity contribution in [2.24, 2.45) is 0 Å². The van der Waals surface area contributed by atoms with Crippen molar-refractivity contribution in [2.45, 2.75) is 11.6 Å². The molecule has 0 unspecified atom stereocenters. The number of hydrogen-bond acceptors (Lipinski definition) is 9. The standard InChI is InChI=1S/C24H19ClN6O4S/c1-34-16-10-17(21(25)19(11-16)35-2)18-9-14-12-26-24(36-3)27-22(14)30-20(28-29-23(18)30)8-13-4-6-15(7-5-13)31(32)33/h4-7,9-12H,8H2,1-3H3. The number of benzene rings is 2. The monoisotopic (exact) mass is 522 g/mol. The first-order valence-electron chi connectivity index (χ1n) is 10.7. The van der Waals surface area contributed by atoms with Crippen LogP contribution in [0.3, 0.4) is 0 Å². The summed E-state index contributed by atoms with van der Waals surface area (Å²) in [6, 6.07) is 11.8. The number of methoxy groups -OCH3 is 2. The number of pyridine rings is 1. The zero-order valence-corrected chi connectivity index (χ0v) is 21.0. The van der Waals surface area contributed by atoms with Gasteiger partial charge in [0.25, 0.3) is 5.69 Å². The summed E-state index contributed by atoms with van der Waals surface area (Å²) >= 11 is 8.15. The number of halogens is 1. The number of nitrogens with zero attached hydrogens (tertiary/aromatic N) is 6. The second-order valence-corrected chi connectivity index (χ2v) is 8.91. The van der Waals surface area contributed by atoms with Gasteiger partial charge in [0.05, 0.1) is 24.2 Å². The molecule has 182 valence electrons. The van der Waals surface area contributed by atoms with E-state index in [9.17, 15) is 10.1 Å². The van der Waals surface area contributed by atoms with Crippen molar-refractivity contribution in [3.63, 3.8) is 0 Å². The topological polar surface area (TPSA) is 118 Å². The van der Waals surface area contributed by atoms with Crippen LogP contribution < -0.4 is 9.47 Å². The van der Waals surface area contributed by atoms with Crippen molar-refractivity contribution >= 4 is 45.7 Å². The molecular weight excluding hydrogens is 504 g/mol. The summed E-state index contributed by atoms with van der Waals surface area (Å²) in [5.74, 6) is 1.65. The van der Waals surface area contributed by atoms with Gasteiger partial charge in [-0.25, -0.2) is 9.97 Å². The van der Waals surface area contributed by atoms with Gasteiger partial charge < -0.3 is 9.47 Å². The summed E-state index contributed by atoms with van der Waals surface area (Å²) in [5, 5.41) is 21.8. The highest BCUT2D eigenvalue weighted by molar-refractivity contribution is 7.98. The van der Waals surface area contributed by atoms with E-state index < -0.39 is 4.92 Å². The van der Waals surface area contributed by atoms with Gasteiger partial charge in [0.15, 0.2) is 16.5 Å². The lowest BCUT2D eigenvalue weighted by molar-refractivity contribution is -0.384. The first kappa shape index (κ1) is 23.8. The summed E-state index contributed by atoms with van der Waals surface area (Å²) in [6.07, 6.45) is 4.03. The Kier molecular flexibility index (Phi) is 6.33. The minimum Gasteiger partial charge on any atom is -0.497 e. The van der Waals surface area contributed by atoms with Gasteiger partial charge in [-0.3, -0.25) is 14.5 Å². The van der Waals surface area contributed by atoms with Gasteiger partial charge in [0.2, 0.25) is 0 Å². The summed E-state index contributed by atoms with van der Waals surface area (Å²) in [5.41, 5.74) is 3.41. The van der Waals surface area contributed by atoms with Gasteiger partial charge in [-0.1, -0.05) is 35.5 Å². The normalized spacial score (nSPS) is 11.2. The fourth-order valence-corrected chi connectivity index (χ4v) is 4.57. The van der Waals surface area contributed by atoms with Gasteiger partial charge in [-0.05, 0) is 24.0 Å². The van der Waals surface area contributed by atoms with E-state index in [0.29, 0.717) is 56.3 Å². The maximum atomic E-state index is 11.0. The molecule has 5 aromatic rings. The van der Waals surface area contributed by atoms with Crippen LogP contribution in [-0.4, -0.2) is 50.0 Å². The Morgan fingerprint density at radius 3 is 2.50 bits per heavy atom. The minimum absolute atomic E-state index is 0.0246. The molecule has 0 aliphatic carbocycles. The number of hydrogen-bond donors (Lipinski definition) is 0. The number of aromatic nitrogens is 5. The number of non-ortho nitro benzene ring substituents is 1. The van der Waals surface area contributed by atoms with Gasteiger partial charge in [-0.2, -0.15) is 0 Å². The van der Waals surface area contributed by atoms with Crippen molar-refractivity contribution < 1.29 is 14.4 Å². The second kappa shape index (κ2) is 9.59. The van der Waals surface area contributed by atoms with Crippen LogP contribution in [0.25, 0.3) is 27.8 Å². The maximum Gasteiger partial charge on any atom is 0.269 e. The van der Waals surface area contributed by atoms with E-state index in [2.05, 4.69) is 15.2 Å². The minimum atomic E-state index is -0.428. The Labute approximate surface area is 214 Å². The summed E-state index contributed by atoms with van der Waals surface area (Å²) in [6.45, 7) is 0. The molecule has 2 aromatic carbocycles. The van der Waals surface area contributed by atoms with Crippen LogP contribution >= 0.6 is 23.4 Å². The van der Waals surface area contributed by atoms with E-state index in [1.165, 1.54) is 31.0 Å². The Morgan fingerprint density at radius 1 is 1.06 bits per heavy atom. The zero-order valence-electron chi connectivity index (χ0n) is 19.4. The van der Waals surface area contributed by atoms with Crippen LogP contribution in [-0.2, 0) is 6.42 Å². The zero-order chi connectivity index (χ0) is 25.4. The fourth-order valence-electron chi connectivity index (χ4n) is 3.95. The lowest BCUT2D eigenvalue weighted by atomic mass is 10.0. The maximum absolute atomic E-state index is 11.0. The molecule has 12 heteroatoms. The van der Waals surface area contributed by atoms with E-state index in [1.54, 1.807) is 31.5 Å². The average molecular weight is 523 g/mol. The van der Waals surface area contributed by atoms with E-state index in [4.69, 9.17) is 26.1 Å². The fraction of sp³-hybridized carbons (Fsp3) is 0.167. The molecule has 0 aliphatic rings. The van der Waals surface area contributed by atoms with Crippen LogP contribution in [0.15, 0.2) is 53.8 Å². The number of thioether (sulfide) groups is 1. The number of ether oxygens (including phenoxy) is 2. The number of rotatable bonds is 7. The molecule has 10 nitrogen and oxygen atoms in total. The quantitative estimate of drug-likeness (QED) is 0.122. The third kappa shape index (κ3) is 4.16. The predicted molar refractivity (Wildman–Crippen MR) is 137 cm³/mol. The largest absolute Gasteiger partial charge is 0.497 e. The Balaban J connectivity index is 1.76. The van der Waals surface area contributed by atoms with Gasteiger partial charge in [0, 0.05) is 47.3 Å².